The summed E-state index contributed by atoms with van der Waals surface area (Å²) in [5, 5.41) is 0. The normalized spacial score (nSPS) is 38.4. The van der Waals surface area contributed by atoms with E-state index in [9.17, 15) is 0 Å². The fraction of sp³-hybridized carbons (Fsp3) is 0.692. The molecule has 86 valence electrons. The molecule has 1 aromatic rings. The van der Waals surface area contributed by atoms with E-state index in [1.807, 2.05) is 6.07 Å². The van der Waals surface area contributed by atoms with Gasteiger partial charge in [-0.2, -0.15) is 0 Å². The van der Waals surface area contributed by atoms with E-state index in [1.165, 1.54) is 38.9 Å². The Kier molecular flexibility index (Phi) is 1.80. The van der Waals surface area contributed by atoms with Gasteiger partial charge < -0.3 is 4.42 Å². The third kappa shape index (κ3) is 1.05. The van der Waals surface area contributed by atoms with Gasteiger partial charge in [0.25, 0.3) is 0 Å². The van der Waals surface area contributed by atoms with Gasteiger partial charge in [-0.25, -0.2) is 0 Å². The SMILES string of the molecule is c1coc(CN2CCN3CCC34CCC24)c1. The van der Waals surface area contributed by atoms with Crippen LogP contribution in [0.4, 0.5) is 0 Å². The van der Waals surface area contributed by atoms with Crippen LogP contribution in [-0.2, 0) is 6.54 Å². The molecule has 0 radical (unpaired) electrons. The fourth-order valence-electron chi connectivity index (χ4n) is 3.88. The summed E-state index contributed by atoms with van der Waals surface area (Å²) in [6.07, 6.45) is 6.02. The zero-order valence-electron chi connectivity index (χ0n) is 9.56. The van der Waals surface area contributed by atoms with Crippen molar-refractivity contribution < 1.29 is 4.42 Å². The monoisotopic (exact) mass is 218 g/mol. The maximum absolute atomic E-state index is 5.47. The number of nitrogens with zero attached hydrogens (tertiary/aromatic N) is 2. The van der Waals surface area contributed by atoms with Gasteiger partial charge in [-0.1, -0.05) is 0 Å². The topological polar surface area (TPSA) is 19.6 Å². The molecule has 3 fully saturated rings. The Bertz CT molecular complexity index is 385. The number of piperazine rings is 1. The van der Waals surface area contributed by atoms with Gasteiger partial charge in [-0.05, 0) is 31.4 Å². The first-order chi connectivity index (χ1) is 7.88. The number of hydrogen-bond acceptors (Lipinski definition) is 3. The average Bonchev–Trinajstić information content (AvgIpc) is 2.65. The molecular weight excluding hydrogens is 200 g/mol. The Morgan fingerprint density at radius 3 is 2.94 bits per heavy atom. The number of furan rings is 1. The van der Waals surface area contributed by atoms with E-state index in [2.05, 4.69) is 15.9 Å². The van der Waals surface area contributed by atoms with Crippen molar-refractivity contribution in [2.75, 3.05) is 19.6 Å². The molecule has 16 heavy (non-hydrogen) atoms. The maximum atomic E-state index is 5.47. The van der Waals surface area contributed by atoms with E-state index < -0.39 is 0 Å². The molecular formula is C13H18N2O. The van der Waals surface area contributed by atoms with Crippen molar-refractivity contribution in [2.45, 2.75) is 37.4 Å². The fourth-order valence-corrected chi connectivity index (χ4v) is 3.88. The van der Waals surface area contributed by atoms with Crippen LogP contribution in [0.1, 0.15) is 25.0 Å². The number of hydrogen-bond donors (Lipinski definition) is 0. The van der Waals surface area contributed by atoms with Gasteiger partial charge in [0.1, 0.15) is 5.76 Å². The van der Waals surface area contributed by atoms with Gasteiger partial charge in [-0.3, -0.25) is 9.80 Å². The average molecular weight is 218 g/mol. The van der Waals surface area contributed by atoms with E-state index in [-0.39, 0.29) is 0 Å². The van der Waals surface area contributed by atoms with Gasteiger partial charge in [-0.15, -0.1) is 0 Å². The van der Waals surface area contributed by atoms with Gasteiger partial charge >= 0.3 is 0 Å². The highest BCUT2D eigenvalue weighted by Crippen LogP contribution is 2.51. The zero-order valence-corrected chi connectivity index (χ0v) is 9.56. The lowest BCUT2D eigenvalue weighted by Crippen LogP contribution is -2.79. The van der Waals surface area contributed by atoms with Gasteiger partial charge in [0.05, 0.1) is 12.8 Å². The highest BCUT2D eigenvalue weighted by atomic mass is 16.3. The summed E-state index contributed by atoms with van der Waals surface area (Å²) in [6, 6.07) is 4.89. The maximum Gasteiger partial charge on any atom is 0.117 e. The van der Waals surface area contributed by atoms with Crippen molar-refractivity contribution in [3.8, 4) is 0 Å². The van der Waals surface area contributed by atoms with E-state index in [4.69, 9.17) is 4.42 Å². The third-order valence-corrected chi connectivity index (χ3v) is 4.95. The molecule has 1 aliphatic carbocycles. The quantitative estimate of drug-likeness (QED) is 0.753. The zero-order chi connectivity index (χ0) is 10.6. The van der Waals surface area contributed by atoms with Crippen molar-refractivity contribution >= 4 is 0 Å². The highest BCUT2D eigenvalue weighted by molar-refractivity contribution is 5.18. The van der Waals surface area contributed by atoms with Crippen LogP contribution >= 0.6 is 0 Å². The minimum atomic E-state index is 0.588. The van der Waals surface area contributed by atoms with E-state index in [1.54, 1.807) is 6.26 Å². The molecule has 1 spiro atoms. The Labute approximate surface area is 96.0 Å². The lowest BCUT2D eigenvalue weighted by molar-refractivity contribution is -0.177. The molecule has 2 saturated heterocycles. The second-order valence-electron chi connectivity index (χ2n) is 5.44. The van der Waals surface area contributed by atoms with Crippen LogP contribution < -0.4 is 0 Å². The van der Waals surface area contributed by atoms with E-state index in [0.29, 0.717) is 5.54 Å². The minimum Gasteiger partial charge on any atom is -0.468 e. The lowest BCUT2D eigenvalue weighted by atomic mass is 9.61. The first-order valence-electron chi connectivity index (χ1n) is 6.40. The van der Waals surface area contributed by atoms with Crippen LogP contribution in [0.3, 0.4) is 0 Å². The van der Waals surface area contributed by atoms with Crippen molar-refractivity contribution in [3.05, 3.63) is 24.2 Å². The minimum absolute atomic E-state index is 0.588. The summed E-state index contributed by atoms with van der Waals surface area (Å²) in [4.78, 5) is 5.35. The van der Waals surface area contributed by atoms with Crippen molar-refractivity contribution in [1.29, 1.82) is 0 Å². The summed E-state index contributed by atoms with van der Waals surface area (Å²) in [6.45, 7) is 4.82. The molecule has 3 heterocycles. The smallest absolute Gasteiger partial charge is 0.117 e. The van der Waals surface area contributed by atoms with Crippen LogP contribution in [-0.4, -0.2) is 41.0 Å². The Morgan fingerprint density at radius 2 is 2.31 bits per heavy atom. The predicted octanol–water partition coefficient (Wildman–Crippen LogP) is 1.70. The second-order valence-corrected chi connectivity index (χ2v) is 5.44. The molecule has 3 aliphatic rings. The Morgan fingerprint density at radius 1 is 1.31 bits per heavy atom. The summed E-state index contributed by atoms with van der Waals surface area (Å²) in [7, 11) is 0. The molecule has 0 N–H and O–H groups in total. The molecule has 0 bridgehead atoms. The molecule has 1 saturated carbocycles. The predicted molar refractivity (Wildman–Crippen MR) is 61.1 cm³/mol. The Hall–Kier alpha value is -0.800. The molecule has 2 atom stereocenters. The van der Waals surface area contributed by atoms with Crippen molar-refractivity contribution in [2.24, 2.45) is 0 Å². The third-order valence-electron chi connectivity index (χ3n) is 4.95. The first-order valence-corrected chi connectivity index (χ1v) is 6.40. The molecule has 3 nitrogen and oxygen atoms in total. The highest BCUT2D eigenvalue weighted by Gasteiger charge is 2.59. The van der Waals surface area contributed by atoms with Crippen LogP contribution in [0, 0.1) is 0 Å². The van der Waals surface area contributed by atoms with Crippen molar-refractivity contribution in [1.82, 2.24) is 9.80 Å². The largest absolute Gasteiger partial charge is 0.468 e. The number of rotatable bonds is 2. The molecule has 2 unspecified atom stereocenters. The van der Waals surface area contributed by atoms with Crippen LogP contribution in [0.25, 0.3) is 0 Å². The Balaban J connectivity index is 1.53. The molecule has 3 heteroatoms. The molecule has 0 aromatic carbocycles. The van der Waals surface area contributed by atoms with Crippen molar-refractivity contribution in [3.63, 3.8) is 0 Å². The van der Waals surface area contributed by atoms with Crippen LogP contribution in [0.5, 0.6) is 0 Å². The lowest BCUT2D eigenvalue weighted by Gasteiger charge is -2.69. The summed E-state index contributed by atoms with van der Waals surface area (Å²) in [5.74, 6) is 1.12. The standard InChI is InChI=1S/C13H18N2O/c1-2-11(16-9-1)10-14-7-8-15-6-5-13(15)4-3-12(13)14/h1-2,9,12H,3-8,10H2. The molecule has 1 aromatic heterocycles. The van der Waals surface area contributed by atoms with Gasteiger partial charge in [0, 0.05) is 31.2 Å². The van der Waals surface area contributed by atoms with Crippen LogP contribution in [0.15, 0.2) is 22.8 Å². The van der Waals surface area contributed by atoms with Gasteiger partial charge in [0.2, 0.25) is 0 Å². The van der Waals surface area contributed by atoms with Crippen LogP contribution in [0.2, 0.25) is 0 Å². The molecule has 2 aliphatic heterocycles. The van der Waals surface area contributed by atoms with E-state index in [0.717, 1.165) is 18.3 Å². The second kappa shape index (κ2) is 3.11. The first kappa shape index (κ1) is 9.25. The van der Waals surface area contributed by atoms with Gasteiger partial charge in [0.15, 0.2) is 0 Å². The molecule has 4 rings (SSSR count). The summed E-state index contributed by atoms with van der Waals surface area (Å²) < 4.78 is 5.47. The summed E-state index contributed by atoms with van der Waals surface area (Å²) >= 11 is 0. The van der Waals surface area contributed by atoms with E-state index >= 15 is 0 Å². The molecule has 0 amide bonds. The summed E-state index contributed by atoms with van der Waals surface area (Å²) in [5.41, 5.74) is 0.588.